The minimum absolute atomic E-state index is 0.165. The summed E-state index contributed by atoms with van der Waals surface area (Å²) in [6, 6.07) is 18.3. The van der Waals surface area contributed by atoms with Crippen LogP contribution >= 0.6 is 0 Å². The fraction of sp³-hybridized carbons (Fsp3) is 0.105. The van der Waals surface area contributed by atoms with Gasteiger partial charge in [-0.15, -0.1) is 0 Å². The van der Waals surface area contributed by atoms with Gasteiger partial charge in [0.05, 0.1) is 17.3 Å². The highest BCUT2D eigenvalue weighted by atomic mass is 15.2. The summed E-state index contributed by atoms with van der Waals surface area (Å²) < 4.78 is 1.82. The first-order valence-corrected chi connectivity index (χ1v) is 7.88. The largest absolute Gasteiger partial charge is 0.363 e. The molecule has 3 heterocycles. The Morgan fingerprint density at radius 3 is 2.71 bits per heavy atom. The average molecular weight is 315 g/mol. The summed E-state index contributed by atoms with van der Waals surface area (Å²) in [7, 11) is 0. The van der Waals surface area contributed by atoms with E-state index >= 15 is 0 Å². The predicted octanol–water partition coefficient (Wildman–Crippen LogP) is 3.96. The van der Waals surface area contributed by atoms with E-state index in [0.717, 1.165) is 16.9 Å². The number of nitrogens with zero attached hydrogens (tertiary/aromatic N) is 4. The molecule has 0 fully saturated rings. The van der Waals surface area contributed by atoms with Gasteiger partial charge in [-0.05, 0) is 30.7 Å². The van der Waals surface area contributed by atoms with Gasteiger partial charge in [0.1, 0.15) is 5.82 Å². The third kappa shape index (κ3) is 2.72. The number of anilines is 1. The van der Waals surface area contributed by atoms with Crippen molar-refractivity contribution in [3.8, 4) is 11.4 Å². The van der Waals surface area contributed by atoms with Crippen molar-refractivity contribution in [3.63, 3.8) is 0 Å². The number of hydrogen-bond donors (Lipinski definition) is 1. The molecule has 0 radical (unpaired) electrons. The van der Waals surface area contributed by atoms with Gasteiger partial charge < -0.3 is 5.32 Å². The molecular formula is C19H17N5. The lowest BCUT2D eigenvalue weighted by Crippen LogP contribution is -2.08. The maximum Gasteiger partial charge on any atom is 0.165 e. The molecule has 0 aliphatic rings. The Morgan fingerprint density at radius 2 is 1.83 bits per heavy atom. The number of rotatable bonds is 4. The highest BCUT2D eigenvalue weighted by Gasteiger charge is 2.11. The monoisotopic (exact) mass is 315 g/mol. The van der Waals surface area contributed by atoms with Crippen LogP contribution in [-0.4, -0.2) is 19.6 Å². The molecule has 118 valence electrons. The fourth-order valence-corrected chi connectivity index (χ4v) is 2.72. The predicted molar refractivity (Wildman–Crippen MR) is 94.7 cm³/mol. The molecule has 0 aliphatic carbocycles. The Labute approximate surface area is 140 Å². The molecule has 3 aromatic heterocycles. The van der Waals surface area contributed by atoms with Crippen LogP contribution in [0.1, 0.15) is 18.5 Å². The van der Waals surface area contributed by atoms with Crippen molar-refractivity contribution in [3.05, 3.63) is 78.8 Å². The normalized spacial score (nSPS) is 12.2. The third-order valence-corrected chi connectivity index (χ3v) is 3.99. The molecular weight excluding hydrogens is 298 g/mol. The van der Waals surface area contributed by atoms with Crippen molar-refractivity contribution in [1.29, 1.82) is 0 Å². The second kappa shape index (κ2) is 6.12. The van der Waals surface area contributed by atoms with E-state index in [2.05, 4.69) is 39.4 Å². The molecule has 0 unspecified atom stereocenters. The first-order chi connectivity index (χ1) is 11.8. The number of fused-ring (bicyclic) bond motifs is 1. The lowest BCUT2D eigenvalue weighted by molar-refractivity contribution is 0.873. The van der Waals surface area contributed by atoms with Crippen LogP contribution in [0.2, 0.25) is 0 Å². The van der Waals surface area contributed by atoms with E-state index in [4.69, 9.17) is 0 Å². The molecule has 0 saturated carbocycles. The molecule has 1 aromatic carbocycles. The molecule has 0 bridgehead atoms. The molecule has 5 heteroatoms. The summed E-state index contributed by atoms with van der Waals surface area (Å²) in [5.74, 6) is 1.47. The fourth-order valence-electron chi connectivity index (χ4n) is 2.72. The van der Waals surface area contributed by atoms with E-state index in [-0.39, 0.29) is 6.04 Å². The zero-order valence-corrected chi connectivity index (χ0v) is 13.3. The molecule has 0 saturated heterocycles. The second-order valence-electron chi connectivity index (χ2n) is 5.63. The maximum atomic E-state index is 4.66. The van der Waals surface area contributed by atoms with Crippen molar-refractivity contribution in [2.45, 2.75) is 13.0 Å². The number of aromatic nitrogens is 4. The van der Waals surface area contributed by atoms with Crippen molar-refractivity contribution in [2.75, 3.05) is 5.32 Å². The van der Waals surface area contributed by atoms with Gasteiger partial charge in [-0.3, -0.25) is 0 Å². The van der Waals surface area contributed by atoms with Crippen LogP contribution in [0.4, 0.5) is 5.82 Å². The van der Waals surface area contributed by atoms with Gasteiger partial charge in [0.25, 0.3) is 0 Å². The molecule has 24 heavy (non-hydrogen) atoms. The molecule has 0 amide bonds. The van der Waals surface area contributed by atoms with Gasteiger partial charge >= 0.3 is 0 Å². The standard InChI is InChI=1S/C19H17N5/c1-14(15-7-3-2-4-8-15)22-18-10-11-20-19(23-18)16-13-21-24-12-6-5-9-17(16)24/h2-14H,1H3,(H,20,22,23)/t14-/m0/s1. The zero-order valence-electron chi connectivity index (χ0n) is 13.3. The summed E-state index contributed by atoms with van der Waals surface area (Å²) in [6.07, 6.45) is 5.49. The summed E-state index contributed by atoms with van der Waals surface area (Å²) in [4.78, 5) is 9.06. The van der Waals surface area contributed by atoms with Gasteiger partial charge in [0.15, 0.2) is 5.82 Å². The van der Waals surface area contributed by atoms with Crippen LogP contribution in [0.15, 0.2) is 73.2 Å². The number of nitrogens with one attached hydrogen (secondary N) is 1. The number of pyridine rings is 1. The first-order valence-electron chi connectivity index (χ1n) is 7.88. The van der Waals surface area contributed by atoms with Gasteiger partial charge in [0.2, 0.25) is 0 Å². The lowest BCUT2D eigenvalue weighted by atomic mass is 10.1. The van der Waals surface area contributed by atoms with Crippen LogP contribution in [-0.2, 0) is 0 Å². The smallest absolute Gasteiger partial charge is 0.165 e. The van der Waals surface area contributed by atoms with Crippen molar-refractivity contribution < 1.29 is 0 Å². The highest BCUT2D eigenvalue weighted by molar-refractivity contribution is 5.75. The van der Waals surface area contributed by atoms with Gasteiger partial charge in [0, 0.05) is 18.4 Å². The topological polar surface area (TPSA) is 55.1 Å². The molecule has 4 rings (SSSR count). The minimum Gasteiger partial charge on any atom is -0.363 e. The maximum absolute atomic E-state index is 4.66. The summed E-state index contributed by atoms with van der Waals surface area (Å²) in [5, 5.41) is 7.78. The molecule has 1 atom stereocenters. The summed E-state index contributed by atoms with van der Waals surface area (Å²) in [5.41, 5.74) is 3.13. The van der Waals surface area contributed by atoms with Crippen LogP contribution in [0, 0.1) is 0 Å². The zero-order chi connectivity index (χ0) is 16.4. The Kier molecular flexibility index (Phi) is 3.67. The number of hydrogen-bond acceptors (Lipinski definition) is 4. The first kappa shape index (κ1) is 14.4. The minimum atomic E-state index is 0.165. The van der Waals surface area contributed by atoms with Gasteiger partial charge in [-0.2, -0.15) is 5.10 Å². The second-order valence-corrected chi connectivity index (χ2v) is 5.63. The molecule has 0 spiro atoms. The van der Waals surface area contributed by atoms with E-state index in [0.29, 0.717) is 5.82 Å². The molecule has 5 nitrogen and oxygen atoms in total. The van der Waals surface area contributed by atoms with Gasteiger partial charge in [-0.25, -0.2) is 14.5 Å². The van der Waals surface area contributed by atoms with Crippen LogP contribution in [0.25, 0.3) is 16.9 Å². The number of benzene rings is 1. The van der Waals surface area contributed by atoms with Crippen molar-refractivity contribution in [2.24, 2.45) is 0 Å². The Morgan fingerprint density at radius 1 is 1.00 bits per heavy atom. The van der Waals surface area contributed by atoms with E-state index in [9.17, 15) is 0 Å². The Balaban J connectivity index is 1.64. The lowest BCUT2D eigenvalue weighted by Gasteiger charge is -2.15. The van der Waals surface area contributed by atoms with Crippen LogP contribution < -0.4 is 5.32 Å². The summed E-state index contributed by atoms with van der Waals surface area (Å²) in [6.45, 7) is 2.12. The van der Waals surface area contributed by atoms with Crippen LogP contribution in [0.5, 0.6) is 0 Å². The highest BCUT2D eigenvalue weighted by Crippen LogP contribution is 2.23. The third-order valence-electron chi connectivity index (χ3n) is 3.99. The van der Waals surface area contributed by atoms with E-state index in [1.807, 2.05) is 53.2 Å². The van der Waals surface area contributed by atoms with Crippen molar-refractivity contribution >= 4 is 11.3 Å². The molecule has 1 N–H and O–H groups in total. The molecule has 4 aromatic rings. The van der Waals surface area contributed by atoms with Crippen molar-refractivity contribution in [1.82, 2.24) is 19.6 Å². The van der Waals surface area contributed by atoms with Crippen LogP contribution in [0.3, 0.4) is 0 Å². The van der Waals surface area contributed by atoms with E-state index < -0.39 is 0 Å². The average Bonchev–Trinajstić information content (AvgIpc) is 3.07. The van der Waals surface area contributed by atoms with E-state index in [1.54, 1.807) is 12.4 Å². The van der Waals surface area contributed by atoms with Gasteiger partial charge in [-0.1, -0.05) is 36.4 Å². The van der Waals surface area contributed by atoms with E-state index in [1.165, 1.54) is 5.56 Å². The summed E-state index contributed by atoms with van der Waals surface area (Å²) >= 11 is 0. The molecule has 0 aliphatic heterocycles. The SMILES string of the molecule is C[C@H](Nc1ccnc(-c2cnn3ccccc23)n1)c1ccccc1. The quantitative estimate of drug-likeness (QED) is 0.619. The Bertz CT molecular complexity index is 962. The Hall–Kier alpha value is -3.21.